The van der Waals surface area contributed by atoms with Gasteiger partial charge in [0.1, 0.15) is 0 Å². The average molecular weight is 320 g/mol. The molecule has 1 aromatic heterocycles. The maximum absolute atomic E-state index is 10.3. The normalized spacial score (nSPS) is 33.3. The van der Waals surface area contributed by atoms with Gasteiger partial charge in [0.15, 0.2) is 0 Å². The fraction of sp³-hybridized carbons (Fsp3) is 0.833. The zero-order valence-electron chi connectivity index (χ0n) is 14.9. The first-order chi connectivity index (χ1) is 11.1. The minimum absolute atomic E-state index is 0.146. The number of hydrogen-bond donors (Lipinski definition) is 1. The Balaban J connectivity index is 1.71. The Labute approximate surface area is 140 Å². The van der Waals surface area contributed by atoms with Gasteiger partial charge in [0, 0.05) is 37.4 Å². The zero-order chi connectivity index (χ0) is 16.4. The highest BCUT2D eigenvalue weighted by Gasteiger charge is 2.34. The molecule has 5 nitrogen and oxygen atoms in total. The van der Waals surface area contributed by atoms with E-state index in [1.54, 1.807) is 0 Å². The molecule has 0 aromatic carbocycles. The third-order valence-corrected chi connectivity index (χ3v) is 5.86. The molecule has 0 spiro atoms. The molecule has 4 atom stereocenters. The van der Waals surface area contributed by atoms with E-state index in [0.29, 0.717) is 18.0 Å². The van der Waals surface area contributed by atoms with Crippen molar-refractivity contribution in [3.63, 3.8) is 0 Å². The zero-order valence-corrected chi connectivity index (χ0v) is 14.9. The van der Waals surface area contributed by atoms with Crippen molar-refractivity contribution in [2.75, 3.05) is 27.2 Å². The van der Waals surface area contributed by atoms with Crippen LogP contribution in [-0.4, -0.2) is 64.0 Å². The standard InChI is InChI=1S/C18H32N4O/c1-20-10-6-7-14(18(20)15-11-19-22(3)13-15)12-21(2)16-8-4-5-9-17(16)23/h11,13-14,16-18,23H,4-10,12H2,1-3H3/t14-,16+,17+,18+/m0/s1. The molecule has 23 heavy (non-hydrogen) atoms. The van der Waals surface area contributed by atoms with Crippen LogP contribution in [0, 0.1) is 5.92 Å². The van der Waals surface area contributed by atoms with Gasteiger partial charge in [0.2, 0.25) is 0 Å². The lowest BCUT2D eigenvalue weighted by atomic mass is 9.84. The van der Waals surface area contributed by atoms with Crippen molar-refractivity contribution in [3.05, 3.63) is 18.0 Å². The van der Waals surface area contributed by atoms with Crippen molar-refractivity contribution in [1.82, 2.24) is 19.6 Å². The molecule has 1 N–H and O–H groups in total. The third-order valence-electron chi connectivity index (χ3n) is 5.86. The molecule has 130 valence electrons. The van der Waals surface area contributed by atoms with Gasteiger partial charge in [-0.25, -0.2) is 0 Å². The molecule has 2 heterocycles. The van der Waals surface area contributed by atoms with Crippen LogP contribution < -0.4 is 0 Å². The number of likely N-dealkylation sites (tertiary alicyclic amines) is 1. The van der Waals surface area contributed by atoms with E-state index in [9.17, 15) is 5.11 Å². The van der Waals surface area contributed by atoms with Crippen LogP contribution in [0.2, 0.25) is 0 Å². The molecule has 1 saturated heterocycles. The highest BCUT2D eigenvalue weighted by atomic mass is 16.3. The van der Waals surface area contributed by atoms with Crippen LogP contribution in [-0.2, 0) is 7.05 Å². The predicted molar refractivity (Wildman–Crippen MR) is 92.2 cm³/mol. The quantitative estimate of drug-likeness (QED) is 0.922. The van der Waals surface area contributed by atoms with Crippen LogP contribution in [0.3, 0.4) is 0 Å². The second kappa shape index (κ2) is 7.32. The second-order valence-corrected chi connectivity index (χ2v) is 7.63. The fourth-order valence-electron chi connectivity index (χ4n) is 4.68. The molecule has 0 unspecified atom stereocenters. The topological polar surface area (TPSA) is 44.5 Å². The van der Waals surface area contributed by atoms with Gasteiger partial charge < -0.3 is 10.0 Å². The van der Waals surface area contributed by atoms with E-state index in [4.69, 9.17) is 0 Å². The molecule has 2 aliphatic rings. The van der Waals surface area contributed by atoms with Crippen molar-refractivity contribution < 1.29 is 5.11 Å². The summed E-state index contributed by atoms with van der Waals surface area (Å²) in [6.07, 6.45) is 11.1. The monoisotopic (exact) mass is 320 g/mol. The van der Waals surface area contributed by atoms with Crippen molar-refractivity contribution >= 4 is 0 Å². The highest BCUT2D eigenvalue weighted by Crippen LogP contribution is 2.36. The van der Waals surface area contributed by atoms with Gasteiger partial charge in [-0.2, -0.15) is 5.10 Å². The summed E-state index contributed by atoms with van der Waals surface area (Å²) in [4.78, 5) is 4.91. The van der Waals surface area contributed by atoms with Crippen LogP contribution in [0.5, 0.6) is 0 Å². The molecule has 3 rings (SSSR count). The van der Waals surface area contributed by atoms with Crippen LogP contribution in [0.25, 0.3) is 0 Å². The Morgan fingerprint density at radius 3 is 2.70 bits per heavy atom. The average Bonchev–Trinajstić information content (AvgIpc) is 2.94. The minimum Gasteiger partial charge on any atom is -0.391 e. The van der Waals surface area contributed by atoms with Crippen LogP contribution in [0.15, 0.2) is 12.4 Å². The number of aromatic nitrogens is 2. The maximum Gasteiger partial charge on any atom is 0.0695 e. The Morgan fingerprint density at radius 2 is 2.00 bits per heavy atom. The van der Waals surface area contributed by atoms with Crippen molar-refractivity contribution in [2.24, 2.45) is 13.0 Å². The number of hydrogen-bond acceptors (Lipinski definition) is 4. The summed E-state index contributed by atoms with van der Waals surface area (Å²) < 4.78 is 1.91. The van der Waals surface area contributed by atoms with Gasteiger partial charge in [-0.05, 0) is 52.2 Å². The number of aryl methyl sites for hydroxylation is 1. The van der Waals surface area contributed by atoms with Crippen molar-refractivity contribution in [3.8, 4) is 0 Å². The van der Waals surface area contributed by atoms with Gasteiger partial charge in [-0.3, -0.25) is 9.58 Å². The van der Waals surface area contributed by atoms with E-state index < -0.39 is 0 Å². The summed E-state index contributed by atoms with van der Waals surface area (Å²) in [5.74, 6) is 0.608. The Hall–Kier alpha value is -0.910. The molecule has 1 aliphatic carbocycles. The molecular formula is C18H32N4O. The molecule has 0 amide bonds. The summed E-state index contributed by atoms with van der Waals surface area (Å²) in [7, 11) is 6.43. The van der Waals surface area contributed by atoms with E-state index in [2.05, 4.69) is 35.2 Å². The number of aliphatic hydroxyl groups excluding tert-OH is 1. The van der Waals surface area contributed by atoms with Crippen LogP contribution in [0.4, 0.5) is 0 Å². The summed E-state index contributed by atoms with van der Waals surface area (Å²) in [5, 5.41) is 14.7. The van der Waals surface area contributed by atoms with E-state index >= 15 is 0 Å². The summed E-state index contributed by atoms with van der Waals surface area (Å²) in [6.45, 7) is 2.22. The SMILES string of the molecule is CN(C[C@@H]1CCCN(C)[C@H]1c1cnn(C)c1)[C@@H]1CCCC[C@H]1O. The van der Waals surface area contributed by atoms with E-state index in [1.165, 1.54) is 31.2 Å². The third kappa shape index (κ3) is 3.78. The minimum atomic E-state index is -0.146. The first-order valence-electron chi connectivity index (χ1n) is 9.13. The maximum atomic E-state index is 10.3. The Bertz CT molecular complexity index is 503. The number of rotatable bonds is 4. The first-order valence-corrected chi connectivity index (χ1v) is 9.13. The molecule has 1 saturated carbocycles. The van der Waals surface area contributed by atoms with Crippen molar-refractivity contribution in [2.45, 2.75) is 56.7 Å². The molecule has 5 heteroatoms. The molecule has 2 fully saturated rings. The first kappa shape index (κ1) is 16.9. The Kier molecular flexibility index (Phi) is 5.39. The smallest absolute Gasteiger partial charge is 0.0695 e. The lowest BCUT2D eigenvalue weighted by Crippen LogP contribution is -2.48. The predicted octanol–water partition coefficient (Wildman–Crippen LogP) is 2.04. The number of aliphatic hydroxyl groups is 1. The molecule has 0 bridgehead atoms. The fourth-order valence-corrected chi connectivity index (χ4v) is 4.68. The largest absolute Gasteiger partial charge is 0.391 e. The Morgan fingerprint density at radius 1 is 1.22 bits per heavy atom. The number of likely N-dealkylation sites (N-methyl/N-ethyl adjacent to an activating group) is 1. The molecular weight excluding hydrogens is 288 g/mol. The lowest BCUT2D eigenvalue weighted by molar-refractivity contribution is 0.00989. The van der Waals surface area contributed by atoms with Gasteiger partial charge >= 0.3 is 0 Å². The highest BCUT2D eigenvalue weighted by molar-refractivity contribution is 5.13. The van der Waals surface area contributed by atoms with Gasteiger partial charge in [-0.1, -0.05) is 12.8 Å². The van der Waals surface area contributed by atoms with Gasteiger partial charge in [0.25, 0.3) is 0 Å². The number of piperidine rings is 1. The van der Waals surface area contributed by atoms with Gasteiger partial charge in [-0.15, -0.1) is 0 Å². The lowest BCUT2D eigenvalue weighted by Gasteiger charge is -2.43. The molecule has 1 aromatic rings. The molecule has 0 radical (unpaired) electrons. The van der Waals surface area contributed by atoms with Gasteiger partial charge in [0.05, 0.1) is 12.3 Å². The number of nitrogens with zero attached hydrogens (tertiary/aromatic N) is 4. The van der Waals surface area contributed by atoms with E-state index in [0.717, 1.165) is 25.9 Å². The second-order valence-electron chi connectivity index (χ2n) is 7.63. The van der Waals surface area contributed by atoms with E-state index in [-0.39, 0.29) is 6.10 Å². The van der Waals surface area contributed by atoms with Crippen LogP contribution in [0.1, 0.15) is 50.1 Å². The summed E-state index contributed by atoms with van der Waals surface area (Å²) in [6, 6.07) is 0.783. The molecule has 1 aliphatic heterocycles. The summed E-state index contributed by atoms with van der Waals surface area (Å²) >= 11 is 0. The van der Waals surface area contributed by atoms with Crippen molar-refractivity contribution in [1.29, 1.82) is 0 Å². The van der Waals surface area contributed by atoms with Crippen LogP contribution >= 0.6 is 0 Å². The summed E-state index contributed by atoms with van der Waals surface area (Å²) in [5.41, 5.74) is 1.33. The van der Waals surface area contributed by atoms with E-state index in [1.807, 2.05) is 17.9 Å².